The number of carboxylic acid groups (broad SMARTS) is 1. The van der Waals surface area contributed by atoms with Crippen LogP contribution in [0.4, 0.5) is 17.6 Å². The van der Waals surface area contributed by atoms with Crippen LogP contribution in [0.1, 0.15) is 37.3 Å². The summed E-state index contributed by atoms with van der Waals surface area (Å²) in [5.74, 6) is -0.878. The van der Waals surface area contributed by atoms with Crippen molar-refractivity contribution in [1.29, 1.82) is 0 Å². The van der Waals surface area contributed by atoms with E-state index < -0.39 is 34.9 Å². The zero-order chi connectivity index (χ0) is 21.9. The SMILES string of the molecule is C[C@@]1(O)CCOC2(CCN(Cc3ccc(C(F)(F)F)cc3F)CC2)[C@H]1O.O=CO. The van der Waals surface area contributed by atoms with Gasteiger partial charge in [0.25, 0.3) is 6.47 Å². The van der Waals surface area contributed by atoms with Gasteiger partial charge >= 0.3 is 6.18 Å². The van der Waals surface area contributed by atoms with Crippen molar-refractivity contribution in [3.8, 4) is 0 Å². The normalized spacial score (nSPS) is 27.2. The molecule has 164 valence electrons. The van der Waals surface area contributed by atoms with E-state index in [2.05, 4.69) is 0 Å². The number of aliphatic hydroxyl groups is 2. The van der Waals surface area contributed by atoms with Gasteiger partial charge in [-0.15, -0.1) is 0 Å². The van der Waals surface area contributed by atoms with Crippen molar-refractivity contribution in [3.05, 3.63) is 35.1 Å². The summed E-state index contributed by atoms with van der Waals surface area (Å²) in [5.41, 5.74) is -2.83. The molecule has 3 rings (SSSR count). The molecule has 2 aliphatic rings. The first kappa shape index (κ1) is 23.5. The first-order valence-electron chi connectivity index (χ1n) is 9.15. The number of nitrogens with zero attached hydrogens (tertiary/aromatic N) is 1. The van der Waals surface area contributed by atoms with E-state index in [0.717, 1.165) is 6.07 Å². The van der Waals surface area contributed by atoms with E-state index in [1.165, 1.54) is 6.07 Å². The Morgan fingerprint density at radius 1 is 1.28 bits per heavy atom. The van der Waals surface area contributed by atoms with Crippen LogP contribution in [0.25, 0.3) is 0 Å². The van der Waals surface area contributed by atoms with Gasteiger partial charge < -0.3 is 20.1 Å². The Bertz CT molecular complexity index is 702. The van der Waals surface area contributed by atoms with E-state index in [9.17, 15) is 27.8 Å². The Morgan fingerprint density at radius 2 is 1.86 bits per heavy atom. The van der Waals surface area contributed by atoms with Crippen LogP contribution in [-0.4, -0.2) is 63.7 Å². The van der Waals surface area contributed by atoms with Gasteiger partial charge in [0.15, 0.2) is 0 Å². The summed E-state index contributed by atoms with van der Waals surface area (Å²) in [5, 5.41) is 27.7. The number of hydrogen-bond donors (Lipinski definition) is 3. The number of ether oxygens (including phenoxy) is 1. The van der Waals surface area contributed by atoms with Crippen molar-refractivity contribution in [2.24, 2.45) is 0 Å². The Morgan fingerprint density at radius 3 is 2.38 bits per heavy atom. The van der Waals surface area contributed by atoms with E-state index in [1.807, 2.05) is 4.90 Å². The van der Waals surface area contributed by atoms with Crippen LogP contribution in [0.2, 0.25) is 0 Å². The summed E-state index contributed by atoms with van der Waals surface area (Å²) in [6.45, 7) is 2.87. The van der Waals surface area contributed by atoms with Gasteiger partial charge in [-0.1, -0.05) is 6.07 Å². The van der Waals surface area contributed by atoms with E-state index >= 15 is 0 Å². The maximum Gasteiger partial charge on any atom is 0.416 e. The maximum atomic E-state index is 14.0. The predicted octanol–water partition coefficient (Wildman–Crippen LogP) is 2.41. The predicted molar refractivity (Wildman–Crippen MR) is 94.5 cm³/mol. The zero-order valence-electron chi connectivity index (χ0n) is 16.0. The average Bonchev–Trinajstić information content (AvgIpc) is 2.63. The molecular weight excluding hydrogens is 398 g/mol. The van der Waals surface area contributed by atoms with Gasteiger partial charge in [-0.05, 0) is 31.9 Å². The summed E-state index contributed by atoms with van der Waals surface area (Å²) < 4.78 is 57.7. The molecule has 2 saturated heterocycles. The molecule has 1 aromatic carbocycles. The fourth-order valence-electron chi connectivity index (χ4n) is 3.84. The van der Waals surface area contributed by atoms with Gasteiger partial charge in [-0.25, -0.2) is 4.39 Å². The van der Waals surface area contributed by atoms with Crippen molar-refractivity contribution in [3.63, 3.8) is 0 Å². The van der Waals surface area contributed by atoms with Crippen molar-refractivity contribution >= 4 is 6.47 Å². The lowest BCUT2D eigenvalue weighted by molar-refractivity contribution is -0.246. The standard InChI is InChI=1S/C18H23F4NO3.CH2O2/c1-16(25)6-9-26-17(15(16)24)4-7-23(8-5-17)11-12-2-3-13(10-14(12)19)18(20,21)22;2-1-3/h2-3,10,15,24-25H,4-9,11H2,1H3;1H,(H,2,3)/t15-,16+;/m0./s1. The Labute approximate surface area is 165 Å². The number of alkyl halides is 3. The lowest BCUT2D eigenvalue weighted by atomic mass is 9.75. The van der Waals surface area contributed by atoms with E-state index in [0.29, 0.717) is 45.0 Å². The highest BCUT2D eigenvalue weighted by Crippen LogP contribution is 2.40. The minimum absolute atomic E-state index is 0.187. The van der Waals surface area contributed by atoms with E-state index in [4.69, 9.17) is 14.6 Å². The summed E-state index contributed by atoms with van der Waals surface area (Å²) in [6, 6.07) is 2.57. The van der Waals surface area contributed by atoms with Crippen molar-refractivity contribution in [1.82, 2.24) is 4.90 Å². The Balaban J connectivity index is 0.000000941. The minimum atomic E-state index is -4.57. The molecule has 29 heavy (non-hydrogen) atoms. The Hall–Kier alpha value is -1.75. The highest BCUT2D eigenvalue weighted by molar-refractivity contribution is 5.32. The molecule has 0 saturated carbocycles. The summed E-state index contributed by atoms with van der Waals surface area (Å²) in [4.78, 5) is 10.3. The summed E-state index contributed by atoms with van der Waals surface area (Å²) in [7, 11) is 0. The number of halogens is 4. The van der Waals surface area contributed by atoms with Crippen LogP contribution in [0.3, 0.4) is 0 Å². The van der Waals surface area contributed by atoms with Crippen molar-refractivity contribution in [2.45, 2.75) is 56.2 Å². The molecule has 1 spiro atoms. The first-order chi connectivity index (χ1) is 13.4. The molecule has 2 atom stereocenters. The number of rotatable bonds is 2. The Kier molecular flexibility index (Phi) is 7.26. The third-order valence-corrected chi connectivity index (χ3v) is 5.56. The number of piperidine rings is 1. The molecule has 0 bridgehead atoms. The van der Waals surface area contributed by atoms with E-state index in [-0.39, 0.29) is 18.6 Å². The van der Waals surface area contributed by atoms with Gasteiger partial charge in [0.2, 0.25) is 0 Å². The highest BCUT2D eigenvalue weighted by atomic mass is 19.4. The first-order valence-corrected chi connectivity index (χ1v) is 9.15. The monoisotopic (exact) mass is 423 g/mol. The second-order valence-corrected chi connectivity index (χ2v) is 7.61. The van der Waals surface area contributed by atoms with Crippen LogP contribution in [0, 0.1) is 5.82 Å². The largest absolute Gasteiger partial charge is 0.483 e. The smallest absolute Gasteiger partial charge is 0.416 e. The quantitative estimate of drug-likeness (QED) is 0.500. The van der Waals surface area contributed by atoms with Crippen molar-refractivity contribution < 1.29 is 42.4 Å². The summed E-state index contributed by atoms with van der Waals surface area (Å²) >= 11 is 0. The zero-order valence-corrected chi connectivity index (χ0v) is 16.0. The number of carbonyl (C=O) groups is 1. The second kappa shape index (κ2) is 8.95. The molecule has 1 aromatic rings. The number of hydrogen-bond acceptors (Lipinski definition) is 5. The molecule has 3 N–H and O–H groups in total. The highest BCUT2D eigenvalue weighted by Gasteiger charge is 2.52. The number of benzene rings is 1. The minimum Gasteiger partial charge on any atom is -0.483 e. The molecule has 0 unspecified atom stereocenters. The van der Waals surface area contributed by atoms with Crippen LogP contribution in [0.5, 0.6) is 0 Å². The fourth-order valence-corrected chi connectivity index (χ4v) is 3.84. The van der Waals surface area contributed by atoms with Crippen LogP contribution < -0.4 is 0 Å². The van der Waals surface area contributed by atoms with E-state index in [1.54, 1.807) is 6.92 Å². The molecule has 0 aliphatic carbocycles. The lowest BCUT2D eigenvalue weighted by Gasteiger charge is -2.51. The third kappa shape index (κ3) is 5.44. The lowest BCUT2D eigenvalue weighted by Crippen LogP contribution is -2.64. The van der Waals surface area contributed by atoms with Gasteiger partial charge in [-0.2, -0.15) is 13.2 Å². The van der Waals surface area contributed by atoms with Gasteiger partial charge in [-0.3, -0.25) is 9.69 Å². The average molecular weight is 423 g/mol. The third-order valence-electron chi connectivity index (χ3n) is 5.56. The van der Waals surface area contributed by atoms with Crippen LogP contribution in [-0.2, 0) is 22.3 Å². The molecule has 2 heterocycles. The fraction of sp³-hybridized carbons (Fsp3) is 0.632. The number of aliphatic hydroxyl groups excluding tert-OH is 1. The van der Waals surface area contributed by atoms with Gasteiger partial charge in [0.1, 0.15) is 11.9 Å². The van der Waals surface area contributed by atoms with Crippen LogP contribution in [0.15, 0.2) is 18.2 Å². The molecule has 0 amide bonds. The molecule has 0 aromatic heterocycles. The molecule has 10 heteroatoms. The molecule has 0 radical (unpaired) electrons. The molecule has 6 nitrogen and oxygen atoms in total. The maximum absolute atomic E-state index is 14.0. The molecular formula is C19H25F4NO5. The molecule has 2 fully saturated rings. The van der Waals surface area contributed by atoms with Crippen LogP contribution >= 0.6 is 0 Å². The topological polar surface area (TPSA) is 90.2 Å². The van der Waals surface area contributed by atoms with Crippen molar-refractivity contribution in [2.75, 3.05) is 19.7 Å². The molecule has 2 aliphatic heterocycles. The second-order valence-electron chi connectivity index (χ2n) is 7.61. The van der Waals surface area contributed by atoms with Gasteiger partial charge in [0, 0.05) is 31.6 Å². The summed E-state index contributed by atoms with van der Waals surface area (Å²) in [6.07, 6.45) is -4.29. The number of likely N-dealkylation sites (tertiary alicyclic amines) is 1. The van der Waals surface area contributed by atoms with Gasteiger partial charge in [0.05, 0.1) is 23.4 Å².